The molecular formula is C29H43N3O5. The minimum absolute atomic E-state index is 0.0295. The number of unbranched alkanes of at least 4 members (excludes halogenated alkanes) is 7. The molecule has 2 amide bonds. The van der Waals surface area contributed by atoms with E-state index in [0.717, 1.165) is 31.2 Å². The number of anilines is 1. The van der Waals surface area contributed by atoms with Crippen LogP contribution in [0.25, 0.3) is 0 Å². The first-order chi connectivity index (χ1) is 18.0. The van der Waals surface area contributed by atoms with Gasteiger partial charge in [0.15, 0.2) is 0 Å². The van der Waals surface area contributed by atoms with Gasteiger partial charge in [-0.3, -0.25) is 4.79 Å². The third-order valence-electron chi connectivity index (χ3n) is 6.33. The van der Waals surface area contributed by atoms with Gasteiger partial charge in [-0.2, -0.15) is 0 Å². The van der Waals surface area contributed by atoms with Crippen molar-refractivity contribution in [1.29, 1.82) is 0 Å². The molecule has 37 heavy (non-hydrogen) atoms. The summed E-state index contributed by atoms with van der Waals surface area (Å²) < 4.78 is 5.20. The number of carbonyl (C=O) groups is 2. The summed E-state index contributed by atoms with van der Waals surface area (Å²) in [6.07, 6.45) is 9.73. The fourth-order valence-electron chi connectivity index (χ4n) is 4.07. The molecule has 0 saturated carbocycles. The molecule has 0 heterocycles. The van der Waals surface area contributed by atoms with Gasteiger partial charge in [0.25, 0.3) is 0 Å². The van der Waals surface area contributed by atoms with Gasteiger partial charge in [-0.1, -0.05) is 81.3 Å². The number of phenols is 1. The minimum atomic E-state index is -0.717. The molecule has 0 aliphatic heterocycles. The van der Waals surface area contributed by atoms with Gasteiger partial charge in [0, 0.05) is 19.1 Å². The molecule has 0 fully saturated rings. The molecule has 8 nitrogen and oxygen atoms in total. The monoisotopic (exact) mass is 513 g/mol. The van der Waals surface area contributed by atoms with Crippen LogP contribution in [-0.2, 0) is 16.1 Å². The number of rotatable bonds is 19. The Hall–Kier alpha value is -3.10. The Morgan fingerprint density at radius 2 is 1.65 bits per heavy atom. The van der Waals surface area contributed by atoms with E-state index in [0.29, 0.717) is 37.7 Å². The van der Waals surface area contributed by atoms with E-state index in [1.807, 2.05) is 30.3 Å². The van der Waals surface area contributed by atoms with Crippen LogP contribution in [-0.4, -0.2) is 41.8 Å². The number of benzene rings is 2. The molecule has 0 saturated heterocycles. The van der Waals surface area contributed by atoms with Gasteiger partial charge < -0.3 is 30.9 Å². The smallest absolute Gasteiger partial charge is 0.407 e. The number of aliphatic hydroxyl groups is 1. The summed E-state index contributed by atoms with van der Waals surface area (Å²) in [5.41, 5.74) is 1.91. The lowest BCUT2D eigenvalue weighted by molar-refractivity contribution is -0.105. The number of phenolic OH excluding ortho intramolecular Hbond substituents is 1. The Balaban J connectivity index is 1.40. The predicted octanol–water partition coefficient (Wildman–Crippen LogP) is 5.41. The number of aliphatic hydroxyl groups excluding tert-OH is 1. The Morgan fingerprint density at radius 1 is 0.973 bits per heavy atom. The average molecular weight is 514 g/mol. The lowest BCUT2D eigenvalue weighted by Crippen LogP contribution is -2.30. The van der Waals surface area contributed by atoms with Crippen LogP contribution < -0.4 is 16.0 Å². The Morgan fingerprint density at radius 3 is 2.35 bits per heavy atom. The van der Waals surface area contributed by atoms with Crippen LogP contribution in [0.4, 0.5) is 10.5 Å². The first-order valence-electron chi connectivity index (χ1n) is 13.4. The lowest BCUT2D eigenvalue weighted by atomic mass is 10.0. The highest BCUT2D eigenvalue weighted by Gasteiger charge is 2.12. The van der Waals surface area contributed by atoms with E-state index in [9.17, 15) is 19.8 Å². The number of aromatic hydroxyl groups is 1. The van der Waals surface area contributed by atoms with E-state index in [2.05, 4.69) is 22.9 Å². The number of nitrogens with one attached hydrogen (secondary N) is 3. The molecule has 2 atom stereocenters. The summed E-state index contributed by atoms with van der Waals surface area (Å²) in [5.74, 6) is -0.0295. The lowest BCUT2D eigenvalue weighted by Gasteiger charge is -2.18. The molecule has 0 spiro atoms. The van der Waals surface area contributed by atoms with Crippen LogP contribution in [0.2, 0.25) is 0 Å². The van der Waals surface area contributed by atoms with Crippen molar-refractivity contribution in [2.24, 2.45) is 0 Å². The van der Waals surface area contributed by atoms with Gasteiger partial charge >= 0.3 is 6.09 Å². The quantitative estimate of drug-likeness (QED) is 0.0973. The Labute approximate surface area is 220 Å². The van der Waals surface area contributed by atoms with E-state index < -0.39 is 6.10 Å². The molecule has 2 aromatic rings. The topological polar surface area (TPSA) is 120 Å². The van der Waals surface area contributed by atoms with Crippen molar-refractivity contribution < 1.29 is 24.5 Å². The summed E-state index contributed by atoms with van der Waals surface area (Å²) in [7, 11) is 0. The van der Waals surface area contributed by atoms with E-state index in [-0.39, 0.29) is 17.5 Å². The number of hydrogen-bond acceptors (Lipinski definition) is 6. The predicted molar refractivity (Wildman–Crippen MR) is 146 cm³/mol. The average Bonchev–Trinajstić information content (AvgIpc) is 2.91. The van der Waals surface area contributed by atoms with Crippen molar-refractivity contribution in [1.82, 2.24) is 10.6 Å². The highest BCUT2D eigenvalue weighted by molar-refractivity contribution is 5.75. The summed E-state index contributed by atoms with van der Waals surface area (Å²) in [4.78, 5) is 22.3. The third kappa shape index (κ3) is 13.1. The molecule has 0 radical (unpaired) electrons. The van der Waals surface area contributed by atoms with Gasteiger partial charge in [-0.05, 0) is 43.0 Å². The van der Waals surface area contributed by atoms with Gasteiger partial charge in [-0.25, -0.2) is 4.79 Å². The fourth-order valence-corrected chi connectivity index (χ4v) is 4.07. The van der Waals surface area contributed by atoms with Gasteiger partial charge in [0.2, 0.25) is 6.41 Å². The van der Waals surface area contributed by atoms with Crippen LogP contribution in [0, 0.1) is 0 Å². The number of alkyl carbamates (subject to hydrolysis) is 1. The van der Waals surface area contributed by atoms with Gasteiger partial charge in [0.05, 0.1) is 11.8 Å². The molecular weight excluding hydrogens is 470 g/mol. The molecule has 0 aliphatic carbocycles. The SMILES string of the molecule is C[C@H](CCCCCCCCCCNC(=O)OCc1ccccc1)NCC(O)c1ccc(O)c(NC=O)c1. The molecule has 0 aromatic heterocycles. The second kappa shape index (κ2) is 18.2. The van der Waals surface area contributed by atoms with E-state index in [4.69, 9.17) is 4.74 Å². The molecule has 204 valence electrons. The summed E-state index contributed by atoms with van der Waals surface area (Å²) in [6.45, 7) is 3.47. The molecule has 0 bridgehead atoms. The van der Waals surface area contributed by atoms with E-state index in [1.165, 1.54) is 38.2 Å². The van der Waals surface area contributed by atoms with Crippen molar-refractivity contribution in [3.05, 3.63) is 59.7 Å². The second-order valence-corrected chi connectivity index (χ2v) is 9.47. The van der Waals surface area contributed by atoms with Crippen LogP contribution in [0.15, 0.2) is 48.5 Å². The molecule has 8 heteroatoms. The highest BCUT2D eigenvalue weighted by atomic mass is 16.5. The van der Waals surface area contributed by atoms with Crippen LogP contribution in [0.5, 0.6) is 5.75 Å². The van der Waals surface area contributed by atoms with Crippen molar-refractivity contribution in [2.75, 3.05) is 18.4 Å². The Kier molecular flexibility index (Phi) is 14.8. The summed E-state index contributed by atoms with van der Waals surface area (Å²) in [5, 5.41) is 28.7. The minimum Gasteiger partial charge on any atom is -0.506 e. The fraction of sp³-hybridized carbons (Fsp3) is 0.517. The largest absolute Gasteiger partial charge is 0.506 e. The van der Waals surface area contributed by atoms with Crippen molar-refractivity contribution in [3.8, 4) is 5.75 Å². The van der Waals surface area contributed by atoms with E-state index in [1.54, 1.807) is 12.1 Å². The van der Waals surface area contributed by atoms with E-state index >= 15 is 0 Å². The number of hydrogen-bond donors (Lipinski definition) is 5. The maximum absolute atomic E-state index is 11.7. The zero-order chi connectivity index (χ0) is 26.7. The first kappa shape index (κ1) is 30.1. The maximum atomic E-state index is 11.7. The number of carbonyl (C=O) groups excluding carboxylic acids is 2. The van der Waals surface area contributed by atoms with Crippen molar-refractivity contribution >= 4 is 18.2 Å². The Bertz CT molecular complexity index is 910. The van der Waals surface area contributed by atoms with Crippen LogP contribution in [0.1, 0.15) is 81.9 Å². The molecule has 2 aromatic carbocycles. The molecule has 2 rings (SSSR count). The summed E-state index contributed by atoms with van der Waals surface area (Å²) >= 11 is 0. The maximum Gasteiger partial charge on any atom is 0.407 e. The zero-order valence-corrected chi connectivity index (χ0v) is 22.0. The van der Waals surface area contributed by atoms with Crippen molar-refractivity contribution in [3.63, 3.8) is 0 Å². The highest BCUT2D eigenvalue weighted by Crippen LogP contribution is 2.26. The van der Waals surface area contributed by atoms with Gasteiger partial charge in [0.1, 0.15) is 12.4 Å². The summed E-state index contributed by atoms with van der Waals surface area (Å²) in [6, 6.07) is 14.7. The second-order valence-electron chi connectivity index (χ2n) is 9.47. The number of amides is 2. The third-order valence-corrected chi connectivity index (χ3v) is 6.33. The normalized spacial score (nSPS) is 12.5. The molecule has 1 unspecified atom stereocenters. The standard InChI is InChI=1S/C29H43N3O5/c1-23(31-20-28(35)25-16-17-27(34)26(19-25)32-22-33)13-9-6-4-2-3-5-7-12-18-30-29(36)37-21-24-14-10-8-11-15-24/h8,10-11,14-17,19,22-23,28,31,34-35H,2-7,9,12-13,18,20-21H2,1H3,(H,30,36)(H,32,33)/t23-,28?/m1/s1. The van der Waals surface area contributed by atoms with Crippen LogP contribution >= 0.6 is 0 Å². The zero-order valence-electron chi connectivity index (χ0n) is 22.0. The van der Waals surface area contributed by atoms with Gasteiger partial charge in [-0.15, -0.1) is 0 Å². The number of ether oxygens (including phenoxy) is 1. The first-order valence-corrected chi connectivity index (χ1v) is 13.4. The molecule has 0 aliphatic rings. The van der Waals surface area contributed by atoms with Crippen LogP contribution in [0.3, 0.4) is 0 Å². The van der Waals surface area contributed by atoms with Crippen molar-refractivity contribution in [2.45, 2.75) is 83.5 Å². The molecule has 5 N–H and O–H groups in total.